The minimum absolute atomic E-state index is 0.0502. The molecule has 1 heteroatoms. The summed E-state index contributed by atoms with van der Waals surface area (Å²) < 4.78 is 0. The highest BCUT2D eigenvalue weighted by molar-refractivity contribution is 5.56. The van der Waals surface area contributed by atoms with Crippen LogP contribution < -0.4 is 0 Å². The van der Waals surface area contributed by atoms with Crippen molar-refractivity contribution in [2.75, 3.05) is 0 Å². The first-order valence-corrected chi connectivity index (χ1v) is 7.62. The summed E-state index contributed by atoms with van der Waals surface area (Å²) in [5.74, 6) is 1.21. The summed E-state index contributed by atoms with van der Waals surface area (Å²) in [7, 11) is 0. The van der Waals surface area contributed by atoms with E-state index in [-0.39, 0.29) is 17.8 Å². The molecule has 1 fully saturated rings. The van der Waals surface area contributed by atoms with Crippen LogP contribution in [0.3, 0.4) is 0 Å². The molecular formula is C20H24O. The first kappa shape index (κ1) is 15.5. The minimum Gasteiger partial charge on any atom is -0.303 e. The van der Waals surface area contributed by atoms with Gasteiger partial charge in [0.2, 0.25) is 0 Å². The third kappa shape index (κ3) is 3.24. The summed E-state index contributed by atoms with van der Waals surface area (Å²) in [5.41, 5.74) is 1.30. The van der Waals surface area contributed by atoms with Crippen LogP contribution in [-0.2, 0) is 11.2 Å². The largest absolute Gasteiger partial charge is 0.303 e. The number of carbonyl (C=O) groups is 1. The maximum atomic E-state index is 11.7. The van der Waals surface area contributed by atoms with Gasteiger partial charge in [-0.05, 0) is 42.1 Å². The highest BCUT2D eigenvalue weighted by Gasteiger charge is 2.43. The number of aldehydes is 1. The summed E-state index contributed by atoms with van der Waals surface area (Å²) in [5, 5.41) is 0. The second-order valence-electron chi connectivity index (χ2n) is 5.92. The van der Waals surface area contributed by atoms with E-state index in [1.54, 1.807) is 0 Å². The zero-order valence-corrected chi connectivity index (χ0v) is 12.5. The number of hydrogen-bond donors (Lipinski definition) is 0. The molecule has 1 aliphatic carbocycles. The molecule has 21 heavy (non-hydrogen) atoms. The zero-order chi connectivity index (χ0) is 15.2. The van der Waals surface area contributed by atoms with Crippen molar-refractivity contribution < 1.29 is 4.79 Å². The first-order valence-electron chi connectivity index (χ1n) is 7.62. The Kier molecular flexibility index (Phi) is 5.32. The predicted octanol–water partition coefficient (Wildman–Crippen LogP) is 4.47. The van der Waals surface area contributed by atoms with Gasteiger partial charge in [0.1, 0.15) is 6.29 Å². The average Bonchev–Trinajstić information content (AvgIpc) is 2.87. The number of benzene rings is 1. The van der Waals surface area contributed by atoms with E-state index in [2.05, 4.69) is 44.0 Å². The number of carbonyl (C=O) groups excluding carboxylic acids is 1. The SMILES string of the molecule is C=CC(C=C)[C@@H]1[C@H](C=O)[C@H](Cc2ccccc2)C[C@H]1C=C. The van der Waals surface area contributed by atoms with Gasteiger partial charge in [0.15, 0.2) is 0 Å². The molecule has 1 aliphatic rings. The molecule has 0 aliphatic heterocycles. The van der Waals surface area contributed by atoms with E-state index in [0.29, 0.717) is 11.8 Å². The van der Waals surface area contributed by atoms with E-state index in [4.69, 9.17) is 0 Å². The molecule has 0 amide bonds. The molecule has 0 saturated heterocycles. The fraction of sp³-hybridized carbons (Fsp3) is 0.350. The molecule has 0 radical (unpaired) electrons. The van der Waals surface area contributed by atoms with Crippen molar-refractivity contribution in [3.05, 3.63) is 73.9 Å². The molecule has 4 atom stereocenters. The van der Waals surface area contributed by atoms with Crippen molar-refractivity contribution in [3.8, 4) is 0 Å². The Morgan fingerprint density at radius 2 is 1.81 bits per heavy atom. The highest BCUT2D eigenvalue weighted by atomic mass is 16.1. The molecule has 1 saturated carbocycles. The van der Waals surface area contributed by atoms with E-state index in [9.17, 15) is 4.79 Å². The van der Waals surface area contributed by atoms with E-state index >= 15 is 0 Å². The Labute approximate surface area is 128 Å². The average molecular weight is 280 g/mol. The first-order chi connectivity index (χ1) is 10.2. The summed E-state index contributed by atoms with van der Waals surface area (Å²) in [6, 6.07) is 10.4. The topological polar surface area (TPSA) is 17.1 Å². The Hall–Kier alpha value is -1.89. The molecule has 1 aromatic carbocycles. The second-order valence-corrected chi connectivity index (χ2v) is 5.92. The van der Waals surface area contributed by atoms with Crippen LogP contribution in [0, 0.1) is 29.6 Å². The molecule has 0 unspecified atom stereocenters. The van der Waals surface area contributed by atoms with Crippen LogP contribution in [0.25, 0.3) is 0 Å². The Balaban J connectivity index is 2.23. The second kappa shape index (κ2) is 7.21. The molecule has 1 nitrogen and oxygen atoms in total. The van der Waals surface area contributed by atoms with Crippen molar-refractivity contribution in [2.45, 2.75) is 12.8 Å². The molecule has 0 heterocycles. The number of hydrogen-bond acceptors (Lipinski definition) is 1. The van der Waals surface area contributed by atoms with Gasteiger partial charge in [-0.15, -0.1) is 19.7 Å². The monoisotopic (exact) mass is 280 g/mol. The molecule has 0 aromatic heterocycles. The van der Waals surface area contributed by atoms with Gasteiger partial charge in [-0.3, -0.25) is 0 Å². The van der Waals surface area contributed by atoms with Gasteiger partial charge >= 0.3 is 0 Å². The number of allylic oxidation sites excluding steroid dienone is 3. The molecule has 0 bridgehead atoms. The summed E-state index contributed by atoms with van der Waals surface area (Å²) in [4.78, 5) is 11.7. The van der Waals surface area contributed by atoms with Crippen molar-refractivity contribution >= 4 is 6.29 Å². The zero-order valence-electron chi connectivity index (χ0n) is 12.5. The molecular weight excluding hydrogens is 256 g/mol. The lowest BCUT2D eigenvalue weighted by Crippen LogP contribution is -2.25. The van der Waals surface area contributed by atoms with Gasteiger partial charge in [-0.25, -0.2) is 0 Å². The van der Waals surface area contributed by atoms with Crippen LogP contribution >= 0.6 is 0 Å². The third-order valence-corrected chi connectivity index (χ3v) is 4.85. The lowest BCUT2D eigenvalue weighted by molar-refractivity contribution is -0.113. The van der Waals surface area contributed by atoms with Crippen molar-refractivity contribution in [3.63, 3.8) is 0 Å². The summed E-state index contributed by atoms with van der Waals surface area (Å²) in [6.07, 6.45) is 8.94. The van der Waals surface area contributed by atoms with Crippen molar-refractivity contribution in [1.82, 2.24) is 0 Å². The van der Waals surface area contributed by atoms with E-state index in [1.165, 1.54) is 5.56 Å². The Bertz CT molecular complexity index is 494. The molecule has 1 aromatic rings. The standard InChI is InChI=1S/C20H24O/c1-4-16(5-2)20-17(6-3)13-18(19(20)14-21)12-15-10-8-7-9-11-15/h4-11,14,16-20H,1-3,12-13H2/t17-,18-,19-,20+/m1/s1. The molecule has 0 spiro atoms. The van der Waals surface area contributed by atoms with Crippen LogP contribution in [0.15, 0.2) is 68.3 Å². The highest BCUT2D eigenvalue weighted by Crippen LogP contribution is 2.47. The van der Waals surface area contributed by atoms with Gasteiger partial charge in [0, 0.05) is 5.92 Å². The van der Waals surface area contributed by atoms with E-state index < -0.39 is 0 Å². The van der Waals surface area contributed by atoms with E-state index in [0.717, 1.165) is 19.1 Å². The summed E-state index contributed by atoms with van der Waals surface area (Å²) >= 11 is 0. The van der Waals surface area contributed by atoms with Crippen LogP contribution in [0.2, 0.25) is 0 Å². The Morgan fingerprint density at radius 3 is 2.33 bits per heavy atom. The van der Waals surface area contributed by atoms with Crippen LogP contribution in [0.4, 0.5) is 0 Å². The normalized spacial score (nSPS) is 28.2. The van der Waals surface area contributed by atoms with Crippen LogP contribution in [0.5, 0.6) is 0 Å². The lowest BCUT2D eigenvalue weighted by Gasteiger charge is -2.26. The lowest BCUT2D eigenvalue weighted by atomic mass is 9.77. The van der Waals surface area contributed by atoms with Gasteiger partial charge in [-0.1, -0.05) is 48.6 Å². The van der Waals surface area contributed by atoms with Gasteiger partial charge in [0.25, 0.3) is 0 Å². The fourth-order valence-electron chi connectivity index (χ4n) is 3.81. The predicted molar refractivity (Wildman–Crippen MR) is 88.9 cm³/mol. The molecule has 2 rings (SSSR count). The molecule has 110 valence electrons. The van der Waals surface area contributed by atoms with Crippen LogP contribution in [-0.4, -0.2) is 6.29 Å². The summed E-state index contributed by atoms with van der Waals surface area (Å²) in [6.45, 7) is 11.8. The van der Waals surface area contributed by atoms with Crippen LogP contribution in [0.1, 0.15) is 12.0 Å². The maximum absolute atomic E-state index is 11.7. The smallest absolute Gasteiger partial charge is 0.123 e. The quantitative estimate of drug-likeness (QED) is 0.532. The van der Waals surface area contributed by atoms with Gasteiger partial charge < -0.3 is 4.79 Å². The Morgan fingerprint density at radius 1 is 1.14 bits per heavy atom. The van der Waals surface area contributed by atoms with Gasteiger partial charge in [0.05, 0.1) is 0 Å². The maximum Gasteiger partial charge on any atom is 0.123 e. The van der Waals surface area contributed by atoms with Crippen molar-refractivity contribution in [1.29, 1.82) is 0 Å². The van der Waals surface area contributed by atoms with E-state index in [1.807, 2.05) is 24.3 Å². The van der Waals surface area contributed by atoms with Gasteiger partial charge in [-0.2, -0.15) is 0 Å². The molecule has 0 N–H and O–H groups in total. The fourth-order valence-corrected chi connectivity index (χ4v) is 3.81. The minimum atomic E-state index is 0.0502. The van der Waals surface area contributed by atoms with Crippen molar-refractivity contribution in [2.24, 2.45) is 29.6 Å². The number of rotatable bonds is 7. The third-order valence-electron chi connectivity index (χ3n) is 4.85.